The average Bonchev–Trinajstić information content (AvgIpc) is 2.53. The molecule has 0 saturated heterocycles. The molecule has 0 amide bonds. The van der Waals surface area contributed by atoms with Crippen LogP contribution in [0.25, 0.3) is 0 Å². The Morgan fingerprint density at radius 3 is 2.30 bits per heavy atom. The van der Waals surface area contributed by atoms with Crippen LogP contribution in [0.1, 0.15) is 25.7 Å². The molecule has 1 fully saturated rings. The van der Waals surface area contributed by atoms with Gasteiger partial charge in [0.05, 0.1) is 14.2 Å². The Balaban J connectivity index is 2.32. The molecule has 0 bridgehead atoms. The first-order valence-electron chi connectivity index (χ1n) is 7.30. The van der Waals surface area contributed by atoms with Gasteiger partial charge < -0.3 is 9.47 Å². The number of nitrogens with zero attached hydrogens (tertiary/aromatic N) is 1. The van der Waals surface area contributed by atoms with Gasteiger partial charge in [-0.15, -0.1) is 0 Å². The molecule has 1 aliphatic rings. The molecule has 0 heterocycles. The number of alkyl halides is 2. The quantitative estimate of drug-likeness (QED) is 0.820. The van der Waals surface area contributed by atoms with Crippen molar-refractivity contribution in [1.29, 1.82) is 0 Å². The highest BCUT2D eigenvalue weighted by Gasteiger charge is 2.40. The second-order valence-corrected chi connectivity index (χ2v) is 7.57. The van der Waals surface area contributed by atoms with Gasteiger partial charge in [-0.25, -0.2) is 17.2 Å². The number of hydrogen-bond acceptors (Lipinski definition) is 4. The van der Waals surface area contributed by atoms with Gasteiger partial charge in [-0.05, 0) is 25.0 Å². The lowest BCUT2D eigenvalue weighted by Crippen LogP contribution is -2.41. The summed E-state index contributed by atoms with van der Waals surface area (Å²) < 4.78 is 63.7. The molecule has 1 saturated carbocycles. The molecule has 1 aliphatic carbocycles. The summed E-state index contributed by atoms with van der Waals surface area (Å²) in [6, 6.07) is 4.12. The number of methoxy groups -OCH3 is 2. The van der Waals surface area contributed by atoms with E-state index in [9.17, 15) is 17.2 Å². The second-order valence-electron chi connectivity index (χ2n) is 5.60. The molecule has 2 rings (SSSR count). The zero-order chi connectivity index (χ0) is 17.3. The minimum absolute atomic E-state index is 0.0285. The van der Waals surface area contributed by atoms with E-state index in [1.54, 1.807) is 12.1 Å². The fraction of sp³-hybridized carbons (Fsp3) is 0.600. The maximum atomic E-state index is 13.3. The van der Waals surface area contributed by atoms with Crippen LogP contribution < -0.4 is 9.47 Å². The fourth-order valence-electron chi connectivity index (χ4n) is 2.80. The first-order valence-corrected chi connectivity index (χ1v) is 8.74. The van der Waals surface area contributed by atoms with Gasteiger partial charge in [-0.2, -0.15) is 4.31 Å². The highest BCUT2D eigenvalue weighted by atomic mass is 32.2. The highest BCUT2D eigenvalue weighted by Crippen LogP contribution is 2.39. The van der Waals surface area contributed by atoms with E-state index in [0.717, 1.165) is 0 Å². The summed E-state index contributed by atoms with van der Waals surface area (Å²) in [4.78, 5) is -0.0285. The molecule has 0 N–H and O–H groups in total. The van der Waals surface area contributed by atoms with Gasteiger partial charge in [-0.3, -0.25) is 0 Å². The number of halogens is 2. The Bertz CT molecular complexity index is 653. The number of ether oxygens (including phenoxy) is 2. The Morgan fingerprint density at radius 2 is 1.78 bits per heavy atom. The Kier molecular flexibility index (Phi) is 5.15. The number of hydrogen-bond donors (Lipinski definition) is 0. The summed E-state index contributed by atoms with van der Waals surface area (Å²) in [5.41, 5.74) is 0. The normalized spacial score (nSPS) is 18.9. The van der Waals surface area contributed by atoms with Crippen molar-refractivity contribution in [3.05, 3.63) is 18.2 Å². The Morgan fingerprint density at radius 1 is 1.17 bits per heavy atom. The summed E-state index contributed by atoms with van der Waals surface area (Å²) >= 11 is 0. The van der Waals surface area contributed by atoms with Crippen molar-refractivity contribution in [3.63, 3.8) is 0 Å². The number of para-hydroxylation sites is 1. The predicted octanol–water partition coefficient (Wildman–Crippen LogP) is 2.90. The first kappa shape index (κ1) is 17.9. The molecule has 8 heteroatoms. The van der Waals surface area contributed by atoms with Crippen molar-refractivity contribution in [2.24, 2.45) is 0 Å². The Labute approximate surface area is 135 Å². The van der Waals surface area contributed by atoms with Gasteiger partial charge in [0, 0.05) is 25.9 Å². The lowest BCUT2D eigenvalue weighted by molar-refractivity contribution is -0.0453. The van der Waals surface area contributed by atoms with Gasteiger partial charge in [0.2, 0.25) is 15.9 Å². The topological polar surface area (TPSA) is 55.8 Å². The summed E-state index contributed by atoms with van der Waals surface area (Å²) in [7, 11) is 0.328. The van der Waals surface area contributed by atoms with E-state index in [-0.39, 0.29) is 36.3 Å². The van der Waals surface area contributed by atoms with Crippen molar-refractivity contribution in [1.82, 2.24) is 4.31 Å². The van der Waals surface area contributed by atoms with E-state index < -0.39 is 22.0 Å². The van der Waals surface area contributed by atoms with Crippen LogP contribution in [-0.4, -0.2) is 46.0 Å². The van der Waals surface area contributed by atoms with Crippen molar-refractivity contribution in [2.75, 3.05) is 21.3 Å². The standard InChI is InChI=1S/C15H21F2NO4S/c1-18(11-7-9-15(16,17)10-8-11)23(19,20)13-6-4-5-12(21-2)14(13)22-3/h4-6,11H,7-10H2,1-3H3. The summed E-state index contributed by atoms with van der Waals surface area (Å²) in [5.74, 6) is -2.28. The zero-order valence-electron chi connectivity index (χ0n) is 13.4. The molecule has 0 aromatic heterocycles. The van der Waals surface area contributed by atoms with Crippen LogP contribution in [0.4, 0.5) is 8.78 Å². The van der Waals surface area contributed by atoms with Crippen molar-refractivity contribution < 1.29 is 26.7 Å². The summed E-state index contributed by atoms with van der Waals surface area (Å²) in [5, 5.41) is 0. The van der Waals surface area contributed by atoms with Crippen LogP contribution in [-0.2, 0) is 10.0 Å². The monoisotopic (exact) mass is 349 g/mol. The number of sulfonamides is 1. The Hall–Kier alpha value is -1.41. The number of rotatable bonds is 5. The van der Waals surface area contributed by atoms with E-state index in [0.29, 0.717) is 5.75 Å². The highest BCUT2D eigenvalue weighted by molar-refractivity contribution is 7.89. The molecule has 0 spiro atoms. The third kappa shape index (κ3) is 3.58. The molecular formula is C15H21F2NO4S. The van der Waals surface area contributed by atoms with E-state index in [1.165, 1.54) is 31.6 Å². The van der Waals surface area contributed by atoms with Crippen LogP contribution in [0.2, 0.25) is 0 Å². The average molecular weight is 349 g/mol. The number of benzene rings is 1. The van der Waals surface area contributed by atoms with Crippen LogP contribution in [0, 0.1) is 0 Å². The molecule has 0 radical (unpaired) electrons. The van der Waals surface area contributed by atoms with Crippen LogP contribution in [0.15, 0.2) is 23.1 Å². The van der Waals surface area contributed by atoms with Crippen molar-refractivity contribution in [3.8, 4) is 11.5 Å². The summed E-state index contributed by atoms with van der Waals surface area (Å²) in [6.45, 7) is 0. The molecule has 23 heavy (non-hydrogen) atoms. The SMILES string of the molecule is COc1cccc(S(=O)(=O)N(C)C2CCC(F)(F)CC2)c1OC. The van der Waals surface area contributed by atoms with Gasteiger partial charge in [0.25, 0.3) is 0 Å². The lowest BCUT2D eigenvalue weighted by atomic mass is 9.92. The molecule has 130 valence electrons. The van der Waals surface area contributed by atoms with Crippen molar-refractivity contribution in [2.45, 2.75) is 42.5 Å². The third-order valence-corrected chi connectivity index (χ3v) is 6.16. The second kappa shape index (κ2) is 6.60. The fourth-order valence-corrected chi connectivity index (χ4v) is 4.38. The third-order valence-electron chi connectivity index (χ3n) is 4.22. The molecular weight excluding hydrogens is 328 g/mol. The van der Waals surface area contributed by atoms with Crippen LogP contribution >= 0.6 is 0 Å². The van der Waals surface area contributed by atoms with Gasteiger partial charge in [-0.1, -0.05) is 6.07 Å². The van der Waals surface area contributed by atoms with Gasteiger partial charge in [0.1, 0.15) is 4.90 Å². The molecule has 1 aromatic carbocycles. The van der Waals surface area contributed by atoms with E-state index in [4.69, 9.17) is 9.47 Å². The predicted molar refractivity (Wildman–Crippen MR) is 81.7 cm³/mol. The zero-order valence-corrected chi connectivity index (χ0v) is 14.2. The summed E-state index contributed by atoms with van der Waals surface area (Å²) in [6.07, 6.45) is -0.330. The molecule has 0 atom stereocenters. The molecule has 1 aromatic rings. The van der Waals surface area contributed by atoms with Crippen LogP contribution in [0.5, 0.6) is 11.5 Å². The lowest BCUT2D eigenvalue weighted by Gasteiger charge is -2.34. The molecule has 0 unspecified atom stereocenters. The van der Waals surface area contributed by atoms with E-state index >= 15 is 0 Å². The molecule has 0 aliphatic heterocycles. The van der Waals surface area contributed by atoms with Crippen molar-refractivity contribution >= 4 is 10.0 Å². The maximum Gasteiger partial charge on any atom is 0.248 e. The minimum atomic E-state index is -3.87. The maximum absolute atomic E-state index is 13.3. The largest absolute Gasteiger partial charge is 0.493 e. The van der Waals surface area contributed by atoms with Gasteiger partial charge >= 0.3 is 0 Å². The minimum Gasteiger partial charge on any atom is -0.493 e. The van der Waals surface area contributed by atoms with Gasteiger partial charge in [0.15, 0.2) is 11.5 Å². The molecule has 5 nitrogen and oxygen atoms in total. The first-order chi connectivity index (χ1) is 10.7. The smallest absolute Gasteiger partial charge is 0.248 e. The van der Waals surface area contributed by atoms with Crippen LogP contribution in [0.3, 0.4) is 0 Å². The van der Waals surface area contributed by atoms with E-state index in [1.807, 2.05) is 0 Å². The van der Waals surface area contributed by atoms with E-state index in [2.05, 4.69) is 0 Å².